The van der Waals surface area contributed by atoms with Crippen molar-refractivity contribution in [1.82, 2.24) is 0 Å². The van der Waals surface area contributed by atoms with Crippen LogP contribution in [0.3, 0.4) is 0 Å². The largest absolute Gasteiger partial charge is 0.661 e. The topological polar surface area (TPSA) is 14.1 Å². The van der Waals surface area contributed by atoms with E-state index < -0.39 is 0 Å². The Morgan fingerprint density at radius 3 is 2.00 bits per heavy atom. The van der Waals surface area contributed by atoms with Crippen LogP contribution in [0.2, 0.25) is 0 Å². The minimum atomic E-state index is 0.801. The number of benzene rings is 2. The molecule has 15 heavy (non-hydrogen) atoms. The average molecular weight is 196 g/mol. The van der Waals surface area contributed by atoms with E-state index >= 15 is 0 Å². The molecule has 0 aromatic heterocycles. The molecule has 0 N–H and O–H groups in total. The first-order valence-electron chi connectivity index (χ1n) is 5.10. The summed E-state index contributed by atoms with van der Waals surface area (Å²) in [4.78, 5) is 0. The summed E-state index contributed by atoms with van der Waals surface area (Å²) in [5, 5.41) is 4.11. The number of rotatable bonds is 3. The van der Waals surface area contributed by atoms with Gasteiger partial charge in [-0.3, -0.25) is 0 Å². The lowest BCUT2D eigenvalue weighted by atomic mass is 10.0. The minimum absolute atomic E-state index is 0.801. The molecule has 0 saturated heterocycles. The van der Waals surface area contributed by atoms with Crippen molar-refractivity contribution in [3.63, 3.8) is 0 Å². The summed E-state index contributed by atoms with van der Waals surface area (Å²) < 4.78 is 0. The van der Waals surface area contributed by atoms with Crippen LogP contribution in [0.25, 0.3) is 16.4 Å². The predicted molar refractivity (Wildman–Crippen MR) is 64.9 cm³/mol. The second-order valence-electron chi connectivity index (χ2n) is 3.54. The van der Waals surface area contributed by atoms with Gasteiger partial charge in [-0.25, -0.2) is 0 Å². The van der Waals surface area contributed by atoms with E-state index in [0.717, 1.165) is 6.54 Å². The minimum Gasteiger partial charge on any atom is -0.661 e. The Kier molecular flexibility index (Phi) is 3.15. The molecule has 0 unspecified atom stereocenters. The van der Waals surface area contributed by atoms with Gasteiger partial charge in [-0.1, -0.05) is 60.2 Å². The lowest BCUT2D eigenvalue weighted by molar-refractivity contribution is 1.19. The predicted octanol–water partition coefficient (Wildman–Crippen LogP) is 3.86. The van der Waals surface area contributed by atoms with Gasteiger partial charge < -0.3 is 5.32 Å². The SMILES string of the molecule is C[N-]Cc1ccc(-c2ccccc2)cc1. The second-order valence-corrected chi connectivity index (χ2v) is 3.54. The zero-order chi connectivity index (χ0) is 10.5. The summed E-state index contributed by atoms with van der Waals surface area (Å²) in [7, 11) is 1.84. The summed E-state index contributed by atoms with van der Waals surface area (Å²) in [5.41, 5.74) is 3.78. The number of hydrogen-bond acceptors (Lipinski definition) is 0. The smallest absolute Gasteiger partial charge is 0.0184 e. The van der Waals surface area contributed by atoms with E-state index in [0.29, 0.717) is 0 Å². The first-order chi connectivity index (χ1) is 7.40. The van der Waals surface area contributed by atoms with Gasteiger partial charge in [0.1, 0.15) is 0 Å². The van der Waals surface area contributed by atoms with E-state index in [1.807, 2.05) is 13.1 Å². The third kappa shape index (κ3) is 2.45. The van der Waals surface area contributed by atoms with Crippen molar-refractivity contribution in [3.05, 3.63) is 65.5 Å². The highest BCUT2D eigenvalue weighted by Gasteiger charge is 1.94. The van der Waals surface area contributed by atoms with Crippen LogP contribution in [0.1, 0.15) is 5.56 Å². The first-order valence-corrected chi connectivity index (χ1v) is 5.10. The number of hydrogen-bond donors (Lipinski definition) is 0. The van der Waals surface area contributed by atoms with E-state index in [1.54, 1.807) is 0 Å². The fourth-order valence-corrected chi connectivity index (χ4v) is 1.62. The molecule has 0 aliphatic rings. The molecule has 0 heterocycles. The highest BCUT2D eigenvalue weighted by molar-refractivity contribution is 5.63. The molecular weight excluding hydrogens is 182 g/mol. The zero-order valence-corrected chi connectivity index (χ0v) is 8.85. The van der Waals surface area contributed by atoms with Crippen molar-refractivity contribution in [3.8, 4) is 11.1 Å². The van der Waals surface area contributed by atoms with Crippen molar-refractivity contribution in [2.45, 2.75) is 6.54 Å². The van der Waals surface area contributed by atoms with E-state index in [4.69, 9.17) is 0 Å². The maximum atomic E-state index is 4.11. The maximum Gasteiger partial charge on any atom is -0.0184 e. The Morgan fingerprint density at radius 2 is 1.40 bits per heavy atom. The fourth-order valence-electron chi connectivity index (χ4n) is 1.62. The monoisotopic (exact) mass is 196 g/mol. The molecule has 0 atom stereocenters. The second kappa shape index (κ2) is 4.76. The van der Waals surface area contributed by atoms with E-state index in [1.165, 1.54) is 16.7 Å². The molecule has 0 amide bonds. The summed E-state index contributed by atoms with van der Waals surface area (Å²) >= 11 is 0. The van der Waals surface area contributed by atoms with Gasteiger partial charge in [0.05, 0.1) is 0 Å². The molecule has 0 radical (unpaired) electrons. The summed E-state index contributed by atoms with van der Waals surface area (Å²) in [6.07, 6.45) is 0. The third-order valence-electron chi connectivity index (χ3n) is 2.40. The summed E-state index contributed by atoms with van der Waals surface area (Å²) in [6, 6.07) is 19.0. The highest BCUT2D eigenvalue weighted by Crippen LogP contribution is 2.19. The Labute approximate surface area is 90.8 Å². The lowest BCUT2D eigenvalue weighted by Crippen LogP contribution is -1.82. The van der Waals surface area contributed by atoms with E-state index in [2.05, 4.69) is 53.8 Å². The first kappa shape index (κ1) is 9.94. The normalized spacial score (nSPS) is 10.2. The molecule has 2 aromatic rings. The average Bonchev–Trinajstić information content (AvgIpc) is 2.32. The standard InChI is InChI=1S/C14H14N/c1-15-11-12-7-9-14(10-8-12)13-5-3-2-4-6-13/h2-10H,11H2,1H3/q-1. The molecule has 76 valence electrons. The van der Waals surface area contributed by atoms with Crippen LogP contribution < -0.4 is 0 Å². The van der Waals surface area contributed by atoms with Crippen LogP contribution in [-0.2, 0) is 6.54 Å². The van der Waals surface area contributed by atoms with Crippen LogP contribution in [0, 0.1) is 0 Å². The van der Waals surface area contributed by atoms with Gasteiger partial charge in [0.25, 0.3) is 0 Å². The molecule has 0 fully saturated rings. The summed E-state index contributed by atoms with van der Waals surface area (Å²) in [5.74, 6) is 0. The molecule has 0 saturated carbocycles. The fraction of sp³-hybridized carbons (Fsp3) is 0.143. The van der Waals surface area contributed by atoms with Gasteiger partial charge in [0.2, 0.25) is 0 Å². The van der Waals surface area contributed by atoms with E-state index in [9.17, 15) is 0 Å². The number of nitrogens with zero attached hydrogens (tertiary/aromatic N) is 1. The molecule has 2 rings (SSSR count). The van der Waals surface area contributed by atoms with Crippen LogP contribution in [0.5, 0.6) is 0 Å². The Morgan fingerprint density at radius 1 is 0.800 bits per heavy atom. The maximum absolute atomic E-state index is 4.11. The van der Waals surface area contributed by atoms with Crippen molar-refractivity contribution in [1.29, 1.82) is 0 Å². The van der Waals surface area contributed by atoms with Gasteiger partial charge in [0.15, 0.2) is 0 Å². The van der Waals surface area contributed by atoms with Crippen molar-refractivity contribution >= 4 is 0 Å². The molecule has 1 nitrogen and oxygen atoms in total. The Hall–Kier alpha value is -1.60. The molecule has 0 aliphatic carbocycles. The third-order valence-corrected chi connectivity index (χ3v) is 2.40. The van der Waals surface area contributed by atoms with Gasteiger partial charge >= 0.3 is 0 Å². The molecular formula is C14H14N-. The molecule has 0 aliphatic heterocycles. The molecule has 0 bridgehead atoms. The summed E-state index contributed by atoms with van der Waals surface area (Å²) in [6.45, 7) is 0.801. The zero-order valence-electron chi connectivity index (χ0n) is 8.85. The van der Waals surface area contributed by atoms with Crippen LogP contribution in [-0.4, -0.2) is 7.05 Å². The van der Waals surface area contributed by atoms with Gasteiger partial charge in [-0.05, 0) is 11.1 Å². The van der Waals surface area contributed by atoms with Crippen LogP contribution in [0.4, 0.5) is 0 Å². The Bertz CT molecular complexity index is 403. The van der Waals surface area contributed by atoms with Crippen LogP contribution in [0.15, 0.2) is 54.6 Å². The van der Waals surface area contributed by atoms with Gasteiger partial charge in [-0.2, -0.15) is 7.05 Å². The molecule has 0 spiro atoms. The van der Waals surface area contributed by atoms with Gasteiger partial charge in [0, 0.05) is 0 Å². The van der Waals surface area contributed by atoms with Gasteiger partial charge in [-0.15, -0.1) is 6.54 Å². The van der Waals surface area contributed by atoms with Crippen LogP contribution >= 0.6 is 0 Å². The highest BCUT2D eigenvalue weighted by atomic mass is 14.8. The van der Waals surface area contributed by atoms with Crippen molar-refractivity contribution in [2.24, 2.45) is 0 Å². The molecule has 1 heteroatoms. The molecule has 2 aromatic carbocycles. The van der Waals surface area contributed by atoms with Crippen molar-refractivity contribution < 1.29 is 0 Å². The van der Waals surface area contributed by atoms with Crippen molar-refractivity contribution in [2.75, 3.05) is 7.05 Å². The Balaban J connectivity index is 2.24. The quantitative estimate of drug-likeness (QED) is 0.707. The lowest BCUT2D eigenvalue weighted by Gasteiger charge is -2.11. The van der Waals surface area contributed by atoms with E-state index in [-0.39, 0.29) is 0 Å².